The van der Waals surface area contributed by atoms with Gasteiger partial charge in [0.25, 0.3) is 5.91 Å². The van der Waals surface area contributed by atoms with E-state index in [2.05, 4.69) is 0 Å². The lowest BCUT2D eigenvalue weighted by molar-refractivity contribution is -0.148. The maximum absolute atomic E-state index is 13.1. The summed E-state index contributed by atoms with van der Waals surface area (Å²) in [7, 11) is 0. The highest BCUT2D eigenvalue weighted by Gasteiger charge is 2.44. The van der Waals surface area contributed by atoms with E-state index in [4.69, 9.17) is 4.74 Å². The molecule has 1 aliphatic heterocycles. The zero-order valence-electron chi connectivity index (χ0n) is 14.1. The number of nitrogens with zero attached hydrogens (tertiary/aromatic N) is 1. The van der Waals surface area contributed by atoms with E-state index >= 15 is 0 Å². The molecule has 1 fully saturated rings. The molecule has 2 atom stereocenters. The van der Waals surface area contributed by atoms with Gasteiger partial charge in [-0.3, -0.25) is 9.59 Å². The fraction of sp³-hybridized carbons (Fsp3) is 0.300. The van der Waals surface area contributed by atoms with E-state index in [-0.39, 0.29) is 12.5 Å². The highest BCUT2D eigenvalue weighted by molar-refractivity contribution is 5.84. The Labute approximate surface area is 146 Å². The molecular formula is C20H21NO4. The van der Waals surface area contributed by atoms with Gasteiger partial charge < -0.3 is 14.7 Å². The lowest BCUT2D eigenvalue weighted by atomic mass is 9.90. The van der Waals surface area contributed by atoms with Crippen molar-refractivity contribution < 1.29 is 19.4 Å². The molecule has 25 heavy (non-hydrogen) atoms. The van der Waals surface area contributed by atoms with Crippen LogP contribution in [0.4, 0.5) is 0 Å². The Bertz CT molecular complexity index is 747. The van der Waals surface area contributed by atoms with Gasteiger partial charge in [-0.05, 0) is 25.5 Å². The van der Waals surface area contributed by atoms with Gasteiger partial charge in [-0.25, -0.2) is 0 Å². The molecule has 130 valence electrons. The van der Waals surface area contributed by atoms with E-state index in [1.807, 2.05) is 48.5 Å². The second-order valence-electron chi connectivity index (χ2n) is 6.60. The Morgan fingerprint density at radius 1 is 1.08 bits per heavy atom. The number of carbonyl (C=O) groups excluding carboxylic acids is 1. The second-order valence-corrected chi connectivity index (χ2v) is 6.60. The first kappa shape index (κ1) is 17.0. The van der Waals surface area contributed by atoms with Gasteiger partial charge in [-0.1, -0.05) is 48.5 Å². The third-order valence-electron chi connectivity index (χ3n) is 4.63. The van der Waals surface area contributed by atoms with Crippen molar-refractivity contribution in [3.63, 3.8) is 0 Å². The topological polar surface area (TPSA) is 66.8 Å². The van der Waals surface area contributed by atoms with Gasteiger partial charge in [0.15, 0.2) is 0 Å². The van der Waals surface area contributed by atoms with Crippen LogP contribution in [-0.4, -0.2) is 35.0 Å². The van der Waals surface area contributed by atoms with Crippen molar-refractivity contribution in [2.24, 2.45) is 5.41 Å². The standard InChI is InChI=1S/C20H21NO4/c1-20(19(23)24)12-13-21(14-20)18(22)17(15-8-4-2-5-9-15)25-16-10-6-3-7-11-16/h2-11,17H,12-14H2,1H3,(H,23,24). The maximum atomic E-state index is 13.1. The minimum Gasteiger partial charge on any atom is -0.481 e. The molecule has 0 spiro atoms. The van der Waals surface area contributed by atoms with E-state index in [1.165, 1.54) is 0 Å². The van der Waals surface area contributed by atoms with Crippen molar-refractivity contribution in [3.05, 3.63) is 66.2 Å². The largest absolute Gasteiger partial charge is 0.481 e. The highest BCUT2D eigenvalue weighted by Crippen LogP contribution is 2.33. The first-order chi connectivity index (χ1) is 12.0. The number of carboxylic acids is 1. The van der Waals surface area contributed by atoms with Gasteiger partial charge >= 0.3 is 5.97 Å². The first-order valence-electron chi connectivity index (χ1n) is 8.28. The molecule has 0 bridgehead atoms. The predicted molar refractivity (Wildman–Crippen MR) is 93.2 cm³/mol. The molecule has 0 radical (unpaired) electrons. The average Bonchev–Trinajstić information content (AvgIpc) is 3.05. The van der Waals surface area contributed by atoms with Crippen LogP contribution in [0.15, 0.2) is 60.7 Å². The smallest absolute Gasteiger partial charge is 0.311 e. The SMILES string of the molecule is CC1(C(=O)O)CCN(C(=O)C(Oc2ccccc2)c2ccccc2)C1. The van der Waals surface area contributed by atoms with E-state index in [0.717, 1.165) is 5.56 Å². The summed E-state index contributed by atoms with van der Waals surface area (Å²) in [4.78, 5) is 26.1. The van der Waals surface area contributed by atoms with Crippen LogP contribution in [0.3, 0.4) is 0 Å². The number of likely N-dealkylation sites (tertiary alicyclic amines) is 1. The monoisotopic (exact) mass is 339 g/mol. The zero-order valence-corrected chi connectivity index (χ0v) is 14.1. The molecule has 2 aromatic rings. The number of rotatable bonds is 5. The first-order valence-corrected chi connectivity index (χ1v) is 8.28. The average molecular weight is 339 g/mol. The number of hydrogen-bond donors (Lipinski definition) is 1. The molecule has 5 nitrogen and oxygen atoms in total. The lowest BCUT2D eigenvalue weighted by Crippen LogP contribution is -2.38. The summed E-state index contributed by atoms with van der Waals surface area (Å²) in [5.74, 6) is -0.479. The fourth-order valence-electron chi connectivity index (χ4n) is 3.01. The second kappa shape index (κ2) is 6.97. The third kappa shape index (κ3) is 3.65. The molecule has 3 rings (SSSR count). The Morgan fingerprint density at radius 3 is 2.24 bits per heavy atom. The van der Waals surface area contributed by atoms with E-state index in [9.17, 15) is 14.7 Å². The molecule has 0 aromatic heterocycles. The molecule has 1 saturated heterocycles. The van der Waals surface area contributed by atoms with Crippen molar-refractivity contribution in [3.8, 4) is 5.75 Å². The molecule has 0 saturated carbocycles. The van der Waals surface area contributed by atoms with Gasteiger partial charge in [-0.15, -0.1) is 0 Å². The van der Waals surface area contributed by atoms with Crippen molar-refractivity contribution in [2.45, 2.75) is 19.4 Å². The minimum atomic E-state index is -0.899. The van der Waals surface area contributed by atoms with Crippen LogP contribution < -0.4 is 4.74 Å². The zero-order chi connectivity index (χ0) is 17.9. The quantitative estimate of drug-likeness (QED) is 0.909. The summed E-state index contributed by atoms with van der Waals surface area (Å²) >= 11 is 0. The summed E-state index contributed by atoms with van der Waals surface area (Å²) in [5.41, 5.74) is -0.149. The number of benzene rings is 2. The van der Waals surface area contributed by atoms with Crippen LogP contribution in [-0.2, 0) is 9.59 Å². The van der Waals surface area contributed by atoms with Gasteiger partial charge in [0, 0.05) is 18.7 Å². The molecular weight excluding hydrogens is 318 g/mol. The number of para-hydroxylation sites is 1. The number of carboxylic acid groups (broad SMARTS) is 1. The van der Waals surface area contributed by atoms with Gasteiger partial charge in [0.1, 0.15) is 5.75 Å². The van der Waals surface area contributed by atoms with E-state index < -0.39 is 17.5 Å². The van der Waals surface area contributed by atoms with Crippen molar-refractivity contribution in [1.29, 1.82) is 0 Å². The van der Waals surface area contributed by atoms with Crippen LogP contribution in [0.25, 0.3) is 0 Å². The molecule has 0 aliphatic carbocycles. The Kier molecular flexibility index (Phi) is 4.74. The number of ether oxygens (including phenoxy) is 1. The number of amides is 1. The molecule has 1 amide bonds. The summed E-state index contributed by atoms with van der Waals surface area (Å²) in [6.45, 7) is 2.30. The molecule has 1 N–H and O–H groups in total. The number of hydrogen-bond acceptors (Lipinski definition) is 3. The van der Waals surface area contributed by atoms with E-state index in [1.54, 1.807) is 24.0 Å². The van der Waals surface area contributed by atoms with Crippen LogP contribution in [0.2, 0.25) is 0 Å². The van der Waals surface area contributed by atoms with Crippen LogP contribution >= 0.6 is 0 Å². The minimum absolute atomic E-state index is 0.197. The van der Waals surface area contributed by atoms with Gasteiger partial charge in [-0.2, -0.15) is 0 Å². The van der Waals surface area contributed by atoms with Crippen LogP contribution in [0, 0.1) is 5.41 Å². The summed E-state index contributed by atoms with van der Waals surface area (Å²) in [6, 6.07) is 18.5. The van der Waals surface area contributed by atoms with Crippen molar-refractivity contribution >= 4 is 11.9 Å². The van der Waals surface area contributed by atoms with Crippen molar-refractivity contribution in [1.82, 2.24) is 4.90 Å². The summed E-state index contributed by atoms with van der Waals surface area (Å²) in [5, 5.41) is 9.39. The molecule has 2 aromatic carbocycles. The molecule has 2 unspecified atom stereocenters. The Morgan fingerprint density at radius 2 is 1.68 bits per heavy atom. The van der Waals surface area contributed by atoms with Crippen LogP contribution in [0.1, 0.15) is 25.0 Å². The van der Waals surface area contributed by atoms with Crippen LogP contribution in [0.5, 0.6) is 5.75 Å². The van der Waals surface area contributed by atoms with Gasteiger partial charge in [0.05, 0.1) is 5.41 Å². The maximum Gasteiger partial charge on any atom is 0.311 e. The Hall–Kier alpha value is -2.82. The van der Waals surface area contributed by atoms with Gasteiger partial charge in [0.2, 0.25) is 6.10 Å². The Balaban J connectivity index is 1.84. The highest BCUT2D eigenvalue weighted by atomic mass is 16.5. The van der Waals surface area contributed by atoms with E-state index in [0.29, 0.717) is 18.7 Å². The normalized spacial score (nSPS) is 20.9. The molecule has 1 aliphatic rings. The lowest BCUT2D eigenvalue weighted by Gasteiger charge is -2.26. The fourth-order valence-corrected chi connectivity index (χ4v) is 3.01. The molecule has 1 heterocycles. The third-order valence-corrected chi connectivity index (χ3v) is 4.63. The number of aliphatic carboxylic acids is 1. The molecule has 5 heteroatoms. The summed E-state index contributed by atoms with van der Waals surface area (Å²) < 4.78 is 5.96. The van der Waals surface area contributed by atoms with Crippen molar-refractivity contribution in [2.75, 3.05) is 13.1 Å². The summed E-state index contributed by atoms with van der Waals surface area (Å²) in [6.07, 6.45) is -0.347. The number of carbonyl (C=O) groups is 2. The predicted octanol–water partition coefficient (Wildman–Crippen LogP) is 3.13.